The van der Waals surface area contributed by atoms with Gasteiger partial charge in [0.25, 0.3) is 0 Å². The fourth-order valence-electron chi connectivity index (χ4n) is 4.42. The van der Waals surface area contributed by atoms with Gasteiger partial charge in [0.2, 0.25) is 0 Å². The van der Waals surface area contributed by atoms with Crippen molar-refractivity contribution in [2.45, 2.75) is 147 Å². The average molecular weight is 471 g/mol. The number of hydrogen-bond donors (Lipinski definition) is 0. The van der Waals surface area contributed by atoms with Crippen molar-refractivity contribution < 1.29 is 0 Å². The Hall–Kier alpha value is 0.354. The summed E-state index contributed by atoms with van der Waals surface area (Å²) in [6.45, 7) is 10.0. The molecule has 0 aromatic heterocycles. The van der Waals surface area contributed by atoms with Crippen molar-refractivity contribution in [1.82, 2.24) is 9.13 Å². The van der Waals surface area contributed by atoms with Crippen LogP contribution in [0.1, 0.15) is 110 Å². The van der Waals surface area contributed by atoms with Gasteiger partial charge in [-0.2, -0.15) is 0 Å². The van der Waals surface area contributed by atoms with Crippen molar-refractivity contribution >= 4 is 16.5 Å². The normalized spacial score (nSPS) is 14.5. The molecule has 0 amide bonds. The fraction of sp³-hybridized carbons (Fsp3) is 1.00. The van der Waals surface area contributed by atoms with Crippen LogP contribution >= 0.6 is 0 Å². The molecule has 2 nitrogen and oxygen atoms in total. The molecular formula is C27H62N2Si2. The fourth-order valence-corrected chi connectivity index (χ4v) is 11.6. The summed E-state index contributed by atoms with van der Waals surface area (Å²) in [6.07, 6.45) is 23.4. The molecule has 1 atom stereocenters. The smallest absolute Gasteiger partial charge is 0.124 e. The van der Waals surface area contributed by atoms with E-state index in [0.717, 1.165) is 0 Å². The maximum atomic E-state index is 2.64. The van der Waals surface area contributed by atoms with Crippen molar-refractivity contribution in [3.63, 3.8) is 0 Å². The SMILES string of the molecule is CCCCCCCCCCCCCCCCCC[Si](C)(CC[Si](C)(C)N(C)C)N(C)C. The molecule has 0 N–H and O–H groups in total. The quantitative estimate of drug-likeness (QED) is 0.115. The minimum atomic E-state index is -1.25. The van der Waals surface area contributed by atoms with Gasteiger partial charge in [-0.3, -0.25) is 0 Å². The zero-order valence-electron chi connectivity index (χ0n) is 23.3. The first-order valence-corrected chi connectivity index (χ1v) is 20.0. The molecule has 0 aliphatic rings. The van der Waals surface area contributed by atoms with Crippen LogP contribution in [-0.2, 0) is 0 Å². The van der Waals surface area contributed by atoms with Crippen LogP contribution in [0.3, 0.4) is 0 Å². The van der Waals surface area contributed by atoms with Crippen LogP contribution in [0.25, 0.3) is 0 Å². The molecule has 1 unspecified atom stereocenters. The van der Waals surface area contributed by atoms with E-state index in [9.17, 15) is 0 Å². The van der Waals surface area contributed by atoms with Crippen molar-refractivity contribution in [2.75, 3.05) is 28.2 Å². The van der Waals surface area contributed by atoms with Crippen LogP contribution in [0.5, 0.6) is 0 Å². The van der Waals surface area contributed by atoms with Crippen LogP contribution in [0.2, 0.25) is 37.8 Å². The van der Waals surface area contributed by atoms with E-state index in [-0.39, 0.29) is 0 Å². The second-order valence-electron chi connectivity index (χ2n) is 11.7. The van der Waals surface area contributed by atoms with Crippen LogP contribution in [0.15, 0.2) is 0 Å². The Morgan fingerprint density at radius 2 is 0.774 bits per heavy atom. The van der Waals surface area contributed by atoms with Crippen molar-refractivity contribution in [3.05, 3.63) is 0 Å². The first-order valence-electron chi connectivity index (χ1n) is 14.0. The van der Waals surface area contributed by atoms with Crippen molar-refractivity contribution in [1.29, 1.82) is 0 Å². The average Bonchev–Trinajstić information content (AvgIpc) is 2.71. The first-order chi connectivity index (χ1) is 14.7. The summed E-state index contributed by atoms with van der Waals surface area (Å²) < 4.78 is 5.17. The predicted octanol–water partition coefficient (Wildman–Crippen LogP) is 9.15. The highest BCUT2D eigenvalue weighted by atomic mass is 28.3. The van der Waals surface area contributed by atoms with Crippen LogP contribution < -0.4 is 0 Å². The molecule has 0 radical (unpaired) electrons. The Kier molecular flexibility index (Phi) is 19.0. The zero-order valence-corrected chi connectivity index (χ0v) is 25.3. The third-order valence-electron chi connectivity index (χ3n) is 8.13. The largest absolute Gasteiger partial charge is 0.329 e. The number of unbranched alkanes of at least 4 members (excludes halogenated alkanes) is 15. The Bertz CT molecular complexity index is 399. The van der Waals surface area contributed by atoms with Gasteiger partial charge in [-0.25, -0.2) is 0 Å². The van der Waals surface area contributed by atoms with Crippen LogP contribution in [0, 0.1) is 0 Å². The Morgan fingerprint density at radius 3 is 1.10 bits per heavy atom. The van der Waals surface area contributed by atoms with Gasteiger partial charge >= 0.3 is 0 Å². The number of rotatable bonds is 22. The summed E-state index contributed by atoms with van der Waals surface area (Å²) in [6, 6.07) is 4.44. The van der Waals surface area contributed by atoms with Gasteiger partial charge in [0, 0.05) is 0 Å². The maximum Gasteiger partial charge on any atom is 0.124 e. The minimum Gasteiger partial charge on any atom is -0.329 e. The molecule has 0 aliphatic carbocycles. The van der Waals surface area contributed by atoms with Gasteiger partial charge in [-0.1, -0.05) is 129 Å². The monoisotopic (exact) mass is 470 g/mol. The van der Waals surface area contributed by atoms with Crippen LogP contribution in [-0.4, -0.2) is 53.8 Å². The highest BCUT2D eigenvalue weighted by Crippen LogP contribution is 2.28. The lowest BCUT2D eigenvalue weighted by atomic mass is 10.0. The number of nitrogens with zero attached hydrogens (tertiary/aromatic N) is 2. The molecule has 31 heavy (non-hydrogen) atoms. The van der Waals surface area contributed by atoms with Crippen molar-refractivity contribution in [2.24, 2.45) is 0 Å². The topological polar surface area (TPSA) is 6.48 Å². The molecule has 0 aromatic rings. The predicted molar refractivity (Wildman–Crippen MR) is 150 cm³/mol. The van der Waals surface area contributed by atoms with Gasteiger partial charge in [0.1, 0.15) is 16.5 Å². The second-order valence-corrected chi connectivity index (χ2v) is 21.6. The summed E-state index contributed by atoms with van der Waals surface area (Å²) in [4.78, 5) is 0. The van der Waals surface area contributed by atoms with Crippen molar-refractivity contribution in [3.8, 4) is 0 Å². The molecule has 0 spiro atoms. The van der Waals surface area contributed by atoms with Gasteiger partial charge < -0.3 is 9.13 Å². The highest BCUT2D eigenvalue weighted by Gasteiger charge is 2.33. The molecule has 0 heterocycles. The Morgan fingerprint density at radius 1 is 0.419 bits per heavy atom. The van der Waals surface area contributed by atoms with E-state index >= 15 is 0 Å². The molecule has 0 saturated heterocycles. The molecule has 4 heteroatoms. The summed E-state index contributed by atoms with van der Waals surface area (Å²) in [5.74, 6) is 0. The van der Waals surface area contributed by atoms with E-state index in [4.69, 9.17) is 0 Å². The molecule has 188 valence electrons. The molecule has 0 rings (SSSR count). The van der Waals surface area contributed by atoms with E-state index in [1.54, 1.807) is 0 Å². The molecule has 0 aromatic carbocycles. The zero-order chi connectivity index (χ0) is 23.6. The molecule has 0 aliphatic heterocycles. The minimum absolute atomic E-state index is 1.19. The lowest BCUT2D eigenvalue weighted by Gasteiger charge is -2.38. The molecular weight excluding hydrogens is 408 g/mol. The summed E-state index contributed by atoms with van der Waals surface area (Å²) in [5, 5.41) is 0. The van der Waals surface area contributed by atoms with E-state index < -0.39 is 16.5 Å². The Balaban J connectivity index is 3.66. The first kappa shape index (κ1) is 31.4. The standard InChI is InChI=1S/C27H62N2Si2/c1-9-10-11-12-13-14-15-16-17-18-19-20-21-22-23-24-25-31(8,29(4)5)27-26-30(6,7)28(2)3/h9-27H2,1-8H3. The molecule has 0 fully saturated rings. The summed E-state index contributed by atoms with van der Waals surface area (Å²) in [7, 11) is 6.84. The summed E-state index contributed by atoms with van der Waals surface area (Å²) in [5.41, 5.74) is 0. The van der Waals surface area contributed by atoms with Crippen LogP contribution in [0.4, 0.5) is 0 Å². The second kappa shape index (κ2) is 18.7. The highest BCUT2D eigenvalue weighted by molar-refractivity contribution is 6.80. The van der Waals surface area contributed by atoms with E-state index in [0.29, 0.717) is 0 Å². The third kappa shape index (κ3) is 16.6. The lowest BCUT2D eigenvalue weighted by Crippen LogP contribution is -2.50. The van der Waals surface area contributed by atoms with Gasteiger partial charge in [-0.05, 0) is 46.3 Å². The van der Waals surface area contributed by atoms with E-state index in [1.165, 1.54) is 121 Å². The number of hydrogen-bond acceptors (Lipinski definition) is 2. The van der Waals surface area contributed by atoms with Gasteiger partial charge in [0.15, 0.2) is 0 Å². The Labute approximate surface area is 201 Å². The lowest BCUT2D eigenvalue weighted by molar-refractivity contribution is 0.529. The molecule has 0 bridgehead atoms. The maximum absolute atomic E-state index is 2.64. The van der Waals surface area contributed by atoms with E-state index in [2.05, 4.69) is 63.9 Å². The van der Waals surface area contributed by atoms with Gasteiger partial charge in [-0.15, -0.1) is 0 Å². The van der Waals surface area contributed by atoms with E-state index in [1.807, 2.05) is 0 Å². The van der Waals surface area contributed by atoms with Gasteiger partial charge in [0.05, 0.1) is 0 Å². The summed E-state index contributed by atoms with van der Waals surface area (Å²) >= 11 is 0. The third-order valence-corrected chi connectivity index (χ3v) is 17.4. The molecule has 0 saturated carbocycles.